The molecule has 2 unspecified atom stereocenters. The fraction of sp³-hybridized carbons (Fsp3) is 1.00. The highest BCUT2D eigenvalue weighted by Crippen LogP contribution is 2.53. The van der Waals surface area contributed by atoms with Crippen molar-refractivity contribution in [2.24, 2.45) is 17.8 Å². The van der Waals surface area contributed by atoms with Gasteiger partial charge in [-0.15, -0.1) is 0 Å². The molecule has 0 aromatic rings. The number of unbranched alkanes of at least 4 members (excludes halogenated alkanes) is 2. The monoisotopic (exact) mass is 354 g/mol. The van der Waals surface area contributed by atoms with Crippen molar-refractivity contribution in [2.45, 2.75) is 73.1 Å². The predicted octanol–water partition coefficient (Wildman–Crippen LogP) is 6.46. The third-order valence-electron chi connectivity index (χ3n) is 3.88. The number of thiol groups is 1. The molecule has 0 amide bonds. The first-order valence-electron chi connectivity index (χ1n) is 8.36. The van der Waals surface area contributed by atoms with Crippen LogP contribution in [0.25, 0.3) is 0 Å². The van der Waals surface area contributed by atoms with Crippen molar-refractivity contribution in [2.75, 3.05) is 13.2 Å². The third kappa shape index (κ3) is 14.3. The maximum Gasteiger partial charge on any atom is 0.244 e. The third-order valence-corrected chi connectivity index (χ3v) is 6.22. The smallest absolute Gasteiger partial charge is 0.244 e. The average Bonchev–Trinajstić information content (AvgIpc) is 2.38. The highest BCUT2D eigenvalue weighted by atomic mass is 32.9. The van der Waals surface area contributed by atoms with E-state index in [1.165, 1.54) is 25.7 Å². The summed E-state index contributed by atoms with van der Waals surface area (Å²) in [5, 5.41) is 0. The zero-order valence-corrected chi connectivity index (χ0v) is 17.1. The summed E-state index contributed by atoms with van der Waals surface area (Å²) < 4.78 is 11.3. The molecule has 0 bridgehead atoms. The Kier molecular flexibility index (Phi) is 12.9. The largest absolute Gasteiger partial charge is 0.322 e. The molecule has 2 atom stereocenters. The van der Waals surface area contributed by atoms with Crippen molar-refractivity contribution in [1.29, 1.82) is 0 Å². The van der Waals surface area contributed by atoms with Crippen LogP contribution >= 0.6 is 17.9 Å². The van der Waals surface area contributed by atoms with Crippen molar-refractivity contribution < 1.29 is 9.05 Å². The van der Waals surface area contributed by atoms with Gasteiger partial charge in [0.1, 0.15) is 0 Å². The van der Waals surface area contributed by atoms with Gasteiger partial charge in [0.25, 0.3) is 0 Å². The van der Waals surface area contributed by atoms with E-state index in [-0.39, 0.29) is 0 Å². The second kappa shape index (κ2) is 12.4. The summed E-state index contributed by atoms with van der Waals surface area (Å²) in [6, 6.07) is 0. The molecule has 0 N–H and O–H groups in total. The Morgan fingerprint density at radius 2 is 1.43 bits per heavy atom. The molecular formula is C16H35O2PS2. The van der Waals surface area contributed by atoms with Crippen LogP contribution in [0.3, 0.4) is 0 Å². The van der Waals surface area contributed by atoms with Crippen LogP contribution in [0.5, 0.6) is 0 Å². The van der Waals surface area contributed by atoms with Crippen LogP contribution in [-0.4, -0.2) is 13.2 Å². The maximum absolute atomic E-state index is 5.67. The fourth-order valence-electron chi connectivity index (χ4n) is 1.97. The van der Waals surface area contributed by atoms with E-state index in [0.29, 0.717) is 13.2 Å². The van der Waals surface area contributed by atoms with E-state index in [2.05, 4.69) is 46.9 Å². The van der Waals surface area contributed by atoms with E-state index >= 15 is 0 Å². The van der Waals surface area contributed by atoms with Gasteiger partial charge in [0.05, 0.1) is 13.2 Å². The van der Waals surface area contributed by atoms with Gasteiger partial charge in [-0.1, -0.05) is 66.1 Å². The van der Waals surface area contributed by atoms with Crippen LogP contribution in [0, 0.1) is 17.8 Å². The first-order chi connectivity index (χ1) is 9.74. The van der Waals surface area contributed by atoms with Crippen molar-refractivity contribution in [3.05, 3.63) is 0 Å². The lowest BCUT2D eigenvalue weighted by Crippen LogP contribution is -2.05. The molecule has 0 aliphatic rings. The van der Waals surface area contributed by atoms with Gasteiger partial charge in [0.2, 0.25) is 5.69 Å². The summed E-state index contributed by atoms with van der Waals surface area (Å²) in [7, 11) is 0. The summed E-state index contributed by atoms with van der Waals surface area (Å²) in [6.45, 7) is 12.7. The zero-order valence-electron chi connectivity index (χ0n) is 14.5. The summed E-state index contributed by atoms with van der Waals surface area (Å²) in [5.41, 5.74) is -2.32. The van der Waals surface area contributed by atoms with Crippen molar-refractivity contribution in [3.63, 3.8) is 0 Å². The molecule has 0 saturated carbocycles. The van der Waals surface area contributed by atoms with Gasteiger partial charge >= 0.3 is 0 Å². The molecule has 5 heteroatoms. The Balaban J connectivity index is 3.58. The SMILES string of the molecule is CC(C)CCCCCOP(=S)(S)OCCCC(C)C(C)C. The van der Waals surface area contributed by atoms with Crippen LogP contribution in [0.2, 0.25) is 0 Å². The average molecular weight is 355 g/mol. The van der Waals surface area contributed by atoms with Gasteiger partial charge in [-0.2, -0.15) is 0 Å². The van der Waals surface area contributed by atoms with Gasteiger partial charge in [-0.3, -0.25) is 0 Å². The van der Waals surface area contributed by atoms with E-state index in [1.54, 1.807) is 0 Å². The van der Waals surface area contributed by atoms with E-state index < -0.39 is 5.69 Å². The Morgan fingerprint density at radius 3 is 1.95 bits per heavy atom. The summed E-state index contributed by atoms with van der Waals surface area (Å²) in [4.78, 5) is 0. The van der Waals surface area contributed by atoms with Crippen LogP contribution in [0.4, 0.5) is 0 Å². The fourth-order valence-corrected chi connectivity index (χ4v) is 3.70. The quantitative estimate of drug-likeness (QED) is 0.232. The molecule has 128 valence electrons. The Bertz CT molecular complexity index is 296. The molecule has 0 fully saturated rings. The van der Waals surface area contributed by atoms with Gasteiger partial charge < -0.3 is 9.05 Å². The number of hydrogen-bond acceptors (Lipinski definition) is 3. The first kappa shape index (κ1) is 21.9. The second-order valence-corrected chi connectivity index (χ2v) is 12.0. The van der Waals surface area contributed by atoms with Crippen molar-refractivity contribution in [3.8, 4) is 0 Å². The summed E-state index contributed by atoms with van der Waals surface area (Å²) in [6.07, 6.45) is 7.03. The minimum atomic E-state index is -2.32. The van der Waals surface area contributed by atoms with Gasteiger partial charge in [0, 0.05) is 0 Å². The maximum atomic E-state index is 5.67. The van der Waals surface area contributed by atoms with Crippen LogP contribution in [-0.2, 0) is 20.9 Å². The topological polar surface area (TPSA) is 18.5 Å². The Hall–Kier alpha value is 0.920. The minimum absolute atomic E-state index is 0.672. The Morgan fingerprint density at radius 1 is 0.857 bits per heavy atom. The zero-order chi connectivity index (χ0) is 16.3. The normalized spacial score (nSPS) is 16.4. The Labute approximate surface area is 143 Å². The van der Waals surface area contributed by atoms with E-state index in [0.717, 1.165) is 30.6 Å². The summed E-state index contributed by atoms with van der Waals surface area (Å²) in [5.74, 6) is 2.25. The molecule has 21 heavy (non-hydrogen) atoms. The molecule has 0 aromatic carbocycles. The molecule has 0 aliphatic heterocycles. The lowest BCUT2D eigenvalue weighted by atomic mass is 9.94. The van der Waals surface area contributed by atoms with Crippen LogP contribution < -0.4 is 0 Å². The predicted molar refractivity (Wildman–Crippen MR) is 102 cm³/mol. The van der Waals surface area contributed by atoms with Gasteiger partial charge in [0.15, 0.2) is 0 Å². The summed E-state index contributed by atoms with van der Waals surface area (Å²) >= 11 is 9.72. The second-order valence-electron chi connectivity index (χ2n) is 6.74. The molecule has 0 aromatic heterocycles. The van der Waals surface area contributed by atoms with Crippen molar-refractivity contribution >= 4 is 29.7 Å². The standard InChI is InChI=1S/C16H35O2PS2/c1-14(2)10-7-6-8-12-17-19(20,21)18-13-9-11-16(5)15(3)4/h14-16H,6-13H2,1-5H3,(H,20,21). The molecule has 0 rings (SSSR count). The van der Waals surface area contributed by atoms with Gasteiger partial charge in [-0.25, -0.2) is 0 Å². The molecule has 2 nitrogen and oxygen atoms in total. The van der Waals surface area contributed by atoms with Crippen LogP contribution in [0.15, 0.2) is 0 Å². The van der Waals surface area contributed by atoms with E-state index in [4.69, 9.17) is 20.9 Å². The minimum Gasteiger partial charge on any atom is -0.322 e. The number of rotatable bonds is 13. The lowest BCUT2D eigenvalue weighted by Gasteiger charge is -2.18. The van der Waals surface area contributed by atoms with Crippen LogP contribution in [0.1, 0.15) is 73.1 Å². The van der Waals surface area contributed by atoms with Crippen molar-refractivity contribution in [1.82, 2.24) is 0 Å². The molecule has 0 saturated heterocycles. The molecular weight excluding hydrogens is 319 g/mol. The van der Waals surface area contributed by atoms with E-state index in [9.17, 15) is 0 Å². The molecule has 0 heterocycles. The molecule has 0 radical (unpaired) electrons. The molecule has 0 aliphatic carbocycles. The highest BCUT2D eigenvalue weighted by molar-refractivity contribution is 8.60. The molecule has 0 spiro atoms. The lowest BCUT2D eigenvalue weighted by molar-refractivity contribution is 0.241. The van der Waals surface area contributed by atoms with E-state index in [1.807, 2.05) is 0 Å². The first-order valence-corrected chi connectivity index (χ1v) is 12.2. The number of hydrogen-bond donors (Lipinski definition) is 1. The highest BCUT2D eigenvalue weighted by Gasteiger charge is 2.13. The van der Waals surface area contributed by atoms with Gasteiger partial charge in [-0.05, 0) is 48.8 Å².